The van der Waals surface area contributed by atoms with E-state index in [9.17, 15) is 4.79 Å². The summed E-state index contributed by atoms with van der Waals surface area (Å²) in [5.41, 5.74) is 1.15. The summed E-state index contributed by atoms with van der Waals surface area (Å²) in [7, 11) is 1.81. The SMILES string of the molecule is C=CCC1(c2ccc(C)o2)C(=O)N(C)c2ccccc21. The number of hydrogen-bond donors (Lipinski definition) is 0. The number of amides is 1. The molecule has 3 nitrogen and oxygen atoms in total. The molecule has 2 aromatic rings. The minimum Gasteiger partial charge on any atom is -0.465 e. The third kappa shape index (κ3) is 1.49. The number of allylic oxidation sites excluding steroid dienone is 1. The second kappa shape index (κ2) is 4.37. The lowest BCUT2D eigenvalue weighted by Gasteiger charge is -2.24. The number of carbonyl (C=O) groups is 1. The minimum atomic E-state index is -0.776. The predicted octanol–water partition coefficient (Wildman–Crippen LogP) is 3.43. The van der Waals surface area contributed by atoms with Crippen molar-refractivity contribution in [3.63, 3.8) is 0 Å². The van der Waals surface area contributed by atoms with Gasteiger partial charge in [-0.25, -0.2) is 0 Å². The molecule has 1 aliphatic rings. The second-order valence-electron chi connectivity index (χ2n) is 5.19. The second-order valence-corrected chi connectivity index (χ2v) is 5.19. The zero-order chi connectivity index (χ0) is 14.3. The van der Waals surface area contributed by atoms with Gasteiger partial charge in [-0.2, -0.15) is 0 Å². The van der Waals surface area contributed by atoms with Gasteiger partial charge in [-0.3, -0.25) is 4.79 Å². The summed E-state index contributed by atoms with van der Waals surface area (Å²) in [5, 5.41) is 0. The highest BCUT2D eigenvalue weighted by molar-refractivity contribution is 6.09. The van der Waals surface area contributed by atoms with Crippen LogP contribution >= 0.6 is 0 Å². The van der Waals surface area contributed by atoms with Crippen molar-refractivity contribution in [1.29, 1.82) is 0 Å². The molecule has 2 heterocycles. The lowest BCUT2D eigenvalue weighted by atomic mass is 9.76. The Labute approximate surface area is 118 Å². The molecular weight excluding hydrogens is 250 g/mol. The maximum absolute atomic E-state index is 12.9. The predicted molar refractivity (Wildman–Crippen MR) is 78.9 cm³/mol. The molecule has 102 valence electrons. The number of furan rings is 1. The van der Waals surface area contributed by atoms with Crippen LogP contribution in [-0.2, 0) is 10.2 Å². The average Bonchev–Trinajstić information content (AvgIpc) is 2.97. The van der Waals surface area contributed by atoms with Crippen molar-refractivity contribution in [2.24, 2.45) is 0 Å². The summed E-state index contributed by atoms with van der Waals surface area (Å²) in [4.78, 5) is 14.6. The Bertz CT molecular complexity index is 686. The summed E-state index contributed by atoms with van der Waals surface area (Å²) < 4.78 is 5.80. The van der Waals surface area contributed by atoms with Crippen LogP contribution in [0.25, 0.3) is 0 Å². The number of benzene rings is 1. The largest absolute Gasteiger partial charge is 0.465 e. The summed E-state index contributed by atoms with van der Waals surface area (Å²) in [6, 6.07) is 11.7. The summed E-state index contributed by atoms with van der Waals surface area (Å²) in [5.74, 6) is 1.54. The van der Waals surface area contributed by atoms with Crippen molar-refractivity contribution in [3.8, 4) is 0 Å². The minimum absolute atomic E-state index is 0.0351. The molecule has 3 heteroatoms. The fraction of sp³-hybridized carbons (Fsp3) is 0.235. The van der Waals surface area contributed by atoms with Crippen LogP contribution in [0.5, 0.6) is 0 Å². The van der Waals surface area contributed by atoms with Crippen molar-refractivity contribution in [2.75, 3.05) is 11.9 Å². The molecular formula is C17H17NO2. The van der Waals surface area contributed by atoms with Gasteiger partial charge in [-0.1, -0.05) is 24.3 Å². The van der Waals surface area contributed by atoms with Crippen LogP contribution in [0.2, 0.25) is 0 Å². The van der Waals surface area contributed by atoms with Gasteiger partial charge in [0.1, 0.15) is 16.9 Å². The molecule has 1 aliphatic heterocycles. The first kappa shape index (κ1) is 12.7. The van der Waals surface area contributed by atoms with Gasteiger partial charge >= 0.3 is 0 Å². The number of aryl methyl sites for hydroxylation is 1. The molecule has 0 saturated carbocycles. The Balaban J connectivity index is 2.30. The van der Waals surface area contributed by atoms with Gasteiger partial charge in [0.05, 0.1) is 0 Å². The van der Waals surface area contributed by atoms with Gasteiger partial charge in [-0.15, -0.1) is 6.58 Å². The molecule has 1 aromatic heterocycles. The van der Waals surface area contributed by atoms with E-state index in [-0.39, 0.29) is 5.91 Å². The van der Waals surface area contributed by atoms with Crippen molar-refractivity contribution in [2.45, 2.75) is 18.8 Å². The fourth-order valence-corrected chi connectivity index (χ4v) is 3.05. The zero-order valence-electron chi connectivity index (χ0n) is 11.7. The first-order valence-corrected chi connectivity index (χ1v) is 6.66. The first-order valence-electron chi connectivity index (χ1n) is 6.66. The van der Waals surface area contributed by atoms with E-state index in [0.29, 0.717) is 12.2 Å². The van der Waals surface area contributed by atoms with Crippen molar-refractivity contribution < 1.29 is 9.21 Å². The van der Waals surface area contributed by atoms with E-state index in [1.807, 2.05) is 50.4 Å². The van der Waals surface area contributed by atoms with Gasteiger partial charge in [0.2, 0.25) is 5.91 Å². The molecule has 1 amide bonds. The molecule has 20 heavy (non-hydrogen) atoms. The Morgan fingerprint density at radius 1 is 1.30 bits per heavy atom. The molecule has 0 saturated heterocycles. The van der Waals surface area contributed by atoms with Crippen LogP contribution in [0.1, 0.15) is 23.5 Å². The quantitative estimate of drug-likeness (QED) is 0.798. The Kier molecular flexibility index (Phi) is 2.78. The zero-order valence-corrected chi connectivity index (χ0v) is 11.7. The molecule has 0 bridgehead atoms. The number of hydrogen-bond acceptors (Lipinski definition) is 2. The van der Waals surface area contributed by atoms with E-state index in [1.54, 1.807) is 11.0 Å². The average molecular weight is 267 g/mol. The van der Waals surface area contributed by atoms with E-state index in [2.05, 4.69) is 6.58 Å². The van der Waals surface area contributed by atoms with Crippen molar-refractivity contribution in [3.05, 3.63) is 66.1 Å². The van der Waals surface area contributed by atoms with E-state index in [1.165, 1.54) is 0 Å². The standard InChI is InChI=1S/C17H17NO2/c1-4-11-17(15-10-9-12(2)20-15)13-7-5-6-8-14(13)18(3)16(17)19/h4-10H,1,11H2,2-3H3. The Hall–Kier alpha value is -2.29. The van der Waals surface area contributed by atoms with Gasteiger partial charge in [0.15, 0.2) is 0 Å². The number of anilines is 1. The molecule has 0 spiro atoms. The highest BCUT2D eigenvalue weighted by Gasteiger charge is 2.52. The molecule has 0 aliphatic carbocycles. The third-order valence-electron chi connectivity index (χ3n) is 4.01. The highest BCUT2D eigenvalue weighted by Crippen LogP contribution is 2.48. The van der Waals surface area contributed by atoms with Crippen LogP contribution in [-0.4, -0.2) is 13.0 Å². The van der Waals surface area contributed by atoms with Crippen LogP contribution in [0, 0.1) is 6.92 Å². The number of likely N-dealkylation sites (N-methyl/N-ethyl adjacent to an activating group) is 1. The lowest BCUT2D eigenvalue weighted by Crippen LogP contribution is -2.39. The van der Waals surface area contributed by atoms with Gasteiger partial charge in [0, 0.05) is 12.7 Å². The molecule has 0 N–H and O–H groups in total. The maximum Gasteiger partial charge on any atom is 0.245 e. The molecule has 1 unspecified atom stereocenters. The molecule has 1 atom stereocenters. The highest BCUT2D eigenvalue weighted by atomic mass is 16.3. The van der Waals surface area contributed by atoms with Crippen LogP contribution in [0.3, 0.4) is 0 Å². The number of fused-ring (bicyclic) bond motifs is 1. The maximum atomic E-state index is 12.9. The van der Waals surface area contributed by atoms with Crippen molar-refractivity contribution in [1.82, 2.24) is 0 Å². The number of para-hydroxylation sites is 1. The van der Waals surface area contributed by atoms with E-state index in [4.69, 9.17) is 4.42 Å². The smallest absolute Gasteiger partial charge is 0.245 e. The first-order chi connectivity index (χ1) is 9.61. The number of nitrogens with zero attached hydrogens (tertiary/aromatic N) is 1. The van der Waals surface area contributed by atoms with Gasteiger partial charge in [-0.05, 0) is 37.1 Å². The molecule has 0 radical (unpaired) electrons. The van der Waals surface area contributed by atoms with E-state index >= 15 is 0 Å². The molecule has 3 rings (SSSR count). The van der Waals surface area contributed by atoms with Gasteiger partial charge in [0.25, 0.3) is 0 Å². The Morgan fingerprint density at radius 3 is 2.70 bits per heavy atom. The third-order valence-corrected chi connectivity index (χ3v) is 4.01. The van der Waals surface area contributed by atoms with E-state index < -0.39 is 5.41 Å². The number of carbonyl (C=O) groups excluding carboxylic acids is 1. The van der Waals surface area contributed by atoms with Crippen LogP contribution in [0.15, 0.2) is 53.5 Å². The summed E-state index contributed by atoms with van der Waals surface area (Å²) in [6.45, 7) is 5.71. The van der Waals surface area contributed by atoms with E-state index in [0.717, 1.165) is 17.0 Å². The number of rotatable bonds is 3. The monoisotopic (exact) mass is 267 g/mol. The van der Waals surface area contributed by atoms with Crippen molar-refractivity contribution >= 4 is 11.6 Å². The summed E-state index contributed by atoms with van der Waals surface area (Å²) >= 11 is 0. The topological polar surface area (TPSA) is 33.5 Å². The van der Waals surface area contributed by atoms with Gasteiger partial charge < -0.3 is 9.32 Å². The van der Waals surface area contributed by atoms with Crippen LogP contribution in [0.4, 0.5) is 5.69 Å². The Morgan fingerprint density at radius 2 is 2.05 bits per heavy atom. The fourth-order valence-electron chi connectivity index (χ4n) is 3.05. The summed E-state index contributed by atoms with van der Waals surface area (Å²) in [6.07, 6.45) is 2.31. The molecule has 0 fully saturated rings. The lowest BCUT2D eigenvalue weighted by molar-refractivity contribution is -0.122. The normalized spacial score (nSPS) is 21.1. The van der Waals surface area contributed by atoms with Crippen LogP contribution < -0.4 is 4.90 Å². The molecule has 1 aromatic carbocycles.